The van der Waals surface area contributed by atoms with Gasteiger partial charge in [-0.1, -0.05) is 50.5 Å². The van der Waals surface area contributed by atoms with E-state index in [1.807, 2.05) is 12.1 Å². The van der Waals surface area contributed by atoms with Crippen molar-refractivity contribution in [3.63, 3.8) is 0 Å². The van der Waals surface area contributed by atoms with Crippen molar-refractivity contribution in [1.82, 2.24) is 0 Å². The van der Waals surface area contributed by atoms with Crippen molar-refractivity contribution in [2.75, 3.05) is 0 Å². The molecule has 1 aliphatic rings. The fraction of sp³-hybridized carbons (Fsp3) is 0.435. The summed E-state index contributed by atoms with van der Waals surface area (Å²) in [4.78, 5) is 0. The lowest BCUT2D eigenvalue weighted by Gasteiger charge is -2.29. The highest BCUT2D eigenvalue weighted by molar-refractivity contribution is 5.66. The van der Waals surface area contributed by atoms with E-state index in [1.54, 1.807) is 18.2 Å². The second-order valence-corrected chi connectivity index (χ2v) is 7.41. The Balaban J connectivity index is 1.71. The Kier molecular flexibility index (Phi) is 6.04. The lowest BCUT2D eigenvalue weighted by atomic mass is 9.77. The number of nitrogens with zero attached hydrogens (tertiary/aromatic N) is 1. The van der Waals surface area contributed by atoms with Crippen LogP contribution >= 0.6 is 0 Å². The molecule has 26 heavy (non-hydrogen) atoms. The zero-order valence-corrected chi connectivity index (χ0v) is 15.3. The third-order valence-corrected chi connectivity index (χ3v) is 5.65. The van der Waals surface area contributed by atoms with Gasteiger partial charge in [0.2, 0.25) is 0 Å². The highest BCUT2D eigenvalue weighted by Crippen LogP contribution is 2.38. The van der Waals surface area contributed by atoms with Gasteiger partial charge in [-0.05, 0) is 60.8 Å². The number of halogens is 2. The van der Waals surface area contributed by atoms with Crippen molar-refractivity contribution in [3.05, 3.63) is 59.2 Å². The molecule has 0 saturated heterocycles. The van der Waals surface area contributed by atoms with Crippen LogP contribution in [0, 0.1) is 28.9 Å². The van der Waals surface area contributed by atoms with Gasteiger partial charge in [-0.2, -0.15) is 5.26 Å². The Morgan fingerprint density at radius 3 is 2.15 bits per heavy atom. The largest absolute Gasteiger partial charge is 0.206 e. The summed E-state index contributed by atoms with van der Waals surface area (Å²) >= 11 is 0. The Bertz CT molecular complexity index is 758. The average Bonchev–Trinajstić information content (AvgIpc) is 2.66. The lowest BCUT2D eigenvalue weighted by Crippen LogP contribution is -2.13. The smallest absolute Gasteiger partial charge is 0.135 e. The van der Waals surface area contributed by atoms with E-state index in [4.69, 9.17) is 5.26 Å². The van der Waals surface area contributed by atoms with Gasteiger partial charge in [0.1, 0.15) is 11.6 Å². The molecule has 0 aliphatic heterocycles. The maximum absolute atomic E-state index is 14.2. The second-order valence-electron chi connectivity index (χ2n) is 7.41. The number of rotatable bonds is 5. The third kappa shape index (κ3) is 4.12. The van der Waals surface area contributed by atoms with E-state index >= 15 is 0 Å². The highest BCUT2D eigenvalue weighted by Gasteiger charge is 2.22. The van der Waals surface area contributed by atoms with Gasteiger partial charge in [0, 0.05) is 0 Å². The van der Waals surface area contributed by atoms with Crippen LogP contribution in [0.25, 0.3) is 11.1 Å². The molecular weight excluding hydrogens is 328 g/mol. The Labute approximate surface area is 154 Å². The maximum atomic E-state index is 14.2. The minimum atomic E-state index is -0.689. The molecule has 0 aromatic heterocycles. The third-order valence-electron chi connectivity index (χ3n) is 5.65. The van der Waals surface area contributed by atoms with Gasteiger partial charge >= 0.3 is 0 Å². The quantitative estimate of drug-likeness (QED) is 0.569. The monoisotopic (exact) mass is 353 g/mol. The van der Waals surface area contributed by atoms with Crippen molar-refractivity contribution >= 4 is 0 Å². The summed E-state index contributed by atoms with van der Waals surface area (Å²) in [6, 6.07) is 11.6. The van der Waals surface area contributed by atoms with Gasteiger partial charge in [-0.25, -0.2) is 8.78 Å². The summed E-state index contributed by atoms with van der Waals surface area (Å²) in [5.41, 5.74) is 1.72. The first-order valence-corrected chi connectivity index (χ1v) is 9.61. The molecule has 0 atom stereocenters. The van der Waals surface area contributed by atoms with Crippen LogP contribution in [0.3, 0.4) is 0 Å². The molecule has 3 rings (SSSR count). The molecule has 3 heteroatoms. The maximum Gasteiger partial charge on any atom is 0.135 e. The zero-order chi connectivity index (χ0) is 18.5. The number of unbranched alkanes of at least 4 members (excludes halogenated alkanes) is 1. The van der Waals surface area contributed by atoms with Crippen LogP contribution in [-0.2, 0) is 0 Å². The van der Waals surface area contributed by atoms with Crippen molar-refractivity contribution in [2.24, 2.45) is 5.92 Å². The van der Waals surface area contributed by atoms with Gasteiger partial charge in [0.25, 0.3) is 0 Å². The van der Waals surface area contributed by atoms with Crippen molar-refractivity contribution in [3.8, 4) is 17.2 Å². The molecule has 0 amide bonds. The molecule has 0 radical (unpaired) electrons. The average molecular weight is 353 g/mol. The topological polar surface area (TPSA) is 23.8 Å². The zero-order valence-electron chi connectivity index (χ0n) is 15.3. The number of hydrogen-bond donors (Lipinski definition) is 0. The molecule has 0 bridgehead atoms. The molecule has 0 N–H and O–H groups in total. The lowest BCUT2D eigenvalue weighted by molar-refractivity contribution is 0.304. The SMILES string of the molecule is CCCCC1CCC(c2ccc(-c3c(F)cc(C#N)cc3F)cc2)CC1. The Morgan fingerprint density at radius 1 is 1.00 bits per heavy atom. The predicted molar refractivity (Wildman–Crippen MR) is 101 cm³/mol. The summed E-state index contributed by atoms with van der Waals surface area (Å²) in [7, 11) is 0. The van der Waals surface area contributed by atoms with E-state index in [-0.39, 0.29) is 11.1 Å². The van der Waals surface area contributed by atoms with Crippen molar-refractivity contribution in [2.45, 2.75) is 57.8 Å². The van der Waals surface area contributed by atoms with Gasteiger partial charge in [0.05, 0.1) is 17.2 Å². The van der Waals surface area contributed by atoms with E-state index in [1.165, 1.54) is 50.5 Å². The molecule has 136 valence electrons. The number of hydrogen-bond acceptors (Lipinski definition) is 1. The van der Waals surface area contributed by atoms with E-state index in [2.05, 4.69) is 6.92 Å². The summed E-state index contributed by atoms with van der Waals surface area (Å²) in [6.07, 6.45) is 8.91. The van der Waals surface area contributed by atoms with Crippen molar-refractivity contribution in [1.29, 1.82) is 5.26 Å². The molecular formula is C23H25F2N. The van der Waals surface area contributed by atoms with E-state index < -0.39 is 11.6 Å². The highest BCUT2D eigenvalue weighted by atomic mass is 19.1. The minimum absolute atomic E-state index is 0.000188. The van der Waals surface area contributed by atoms with Crippen LogP contribution in [0.15, 0.2) is 36.4 Å². The van der Waals surface area contributed by atoms with Crippen LogP contribution < -0.4 is 0 Å². The van der Waals surface area contributed by atoms with E-state index in [0.717, 1.165) is 18.1 Å². The van der Waals surface area contributed by atoms with Gasteiger partial charge in [-0.3, -0.25) is 0 Å². The molecule has 1 aliphatic carbocycles. The van der Waals surface area contributed by atoms with Gasteiger partial charge in [-0.15, -0.1) is 0 Å². The summed E-state index contributed by atoms with van der Waals surface area (Å²) in [6.45, 7) is 2.24. The summed E-state index contributed by atoms with van der Waals surface area (Å²) in [5, 5.41) is 8.81. The molecule has 1 nitrogen and oxygen atoms in total. The van der Waals surface area contributed by atoms with E-state index in [0.29, 0.717) is 11.5 Å². The Hall–Kier alpha value is -2.21. The van der Waals surface area contributed by atoms with Gasteiger partial charge < -0.3 is 0 Å². The first-order chi connectivity index (χ1) is 12.6. The molecule has 1 fully saturated rings. The number of benzene rings is 2. The number of nitriles is 1. The molecule has 0 unspecified atom stereocenters. The molecule has 2 aromatic carbocycles. The first-order valence-electron chi connectivity index (χ1n) is 9.61. The van der Waals surface area contributed by atoms with Gasteiger partial charge in [0.15, 0.2) is 0 Å². The fourth-order valence-corrected chi connectivity index (χ4v) is 4.11. The molecule has 0 heterocycles. The van der Waals surface area contributed by atoms with Crippen LogP contribution in [0.1, 0.15) is 68.9 Å². The van der Waals surface area contributed by atoms with Crippen LogP contribution in [0.2, 0.25) is 0 Å². The van der Waals surface area contributed by atoms with Crippen molar-refractivity contribution < 1.29 is 8.78 Å². The molecule has 2 aromatic rings. The fourth-order valence-electron chi connectivity index (χ4n) is 4.11. The predicted octanol–water partition coefficient (Wildman–Crippen LogP) is 6.97. The van der Waals surface area contributed by atoms with Crippen LogP contribution in [-0.4, -0.2) is 0 Å². The molecule has 1 saturated carbocycles. The normalized spacial score (nSPS) is 19.9. The van der Waals surface area contributed by atoms with Crippen LogP contribution in [0.5, 0.6) is 0 Å². The summed E-state index contributed by atoms with van der Waals surface area (Å²) in [5.74, 6) is 0.0429. The minimum Gasteiger partial charge on any atom is -0.206 e. The van der Waals surface area contributed by atoms with Crippen LogP contribution in [0.4, 0.5) is 8.78 Å². The standard InChI is InChI=1S/C23H25F2N/c1-2-3-4-16-5-7-18(8-6-16)19-9-11-20(12-10-19)23-21(24)13-17(15-26)14-22(23)25/h9-14,16,18H,2-8H2,1H3. The molecule has 0 spiro atoms. The Morgan fingerprint density at radius 2 is 1.62 bits per heavy atom. The van der Waals surface area contributed by atoms with E-state index in [9.17, 15) is 8.78 Å². The first kappa shape index (κ1) is 18.6. The summed E-state index contributed by atoms with van der Waals surface area (Å²) < 4.78 is 28.4. The second kappa shape index (κ2) is 8.45.